The van der Waals surface area contributed by atoms with E-state index >= 15 is 0 Å². The molecule has 106 valence electrons. The summed E-state index contributed by atoms with van der Waals surface area (Å²) in [6.45, 7) is 18.2. The van der Waals surface area contributed by atoms with Gasteiger partial charge in [-0.05, 0) is 11.6 Å². The molecule has 0 saturated carbocycles. The van der Waals surface area contributed by atoms with E-state index < -0.39 is 22.3 Å². The molecule has 0 amide bonds. The highest BCUT2D eigenvalue weighted by Gasteiger charge is 2.49. The Balaban J connectivity index is 2.90. The average Bonchev–Trinajstić information content (AvgIpc) is 2.27. The number of benzene rings is 1. The summed E-state index contributed by atoms with van der Waals surface area (Å²) in [6.07, 6.45) is 4.80. The van der Waals surface area contributed by atoms with Gasteiger partial charge in [0.2, 0.25) is 0 Å². The molecule has 1 aromatic rings. The Labute approximate surface area is 122 Å². The summed E-state index contributed by atoms with van der Waals surface area (Å²) in [5.41, 5.74) is 1.34. The van der Waals surface area contributed by atoms with E-state index in [1.807, 2.05) is 0 Å². The molecule has 0 nitrogen and oxygen atoms in total. The molecule has 0 aliphatic carbocycles. The molecule has 0 heterocycles. The van der Waals surface area contributed by atoms with Gasteiger partial charge in [-0.2, -0.15) is 0 Å². The van der Waals surface area contributed by atoms with E-state index in [0.29, 0.717) is 0 Å². The molecular weight excluding hydrogens is 276 g/mol. The summed E-state index contributed by atoms with van der Waals surface area (Å²) in [4.78, 5) is 0. The van der Waals surface area contributed by atoms with Gasteiger partial charge in [-0.15, -0.1) is 0 Å². The third-order valence-corrected chi connectivity index (χ3v) is 47.2. The Morgan fingerprint density at radius 2 is 1.26 bits per heavy atom. The molecule has 0 aliphatic heterocycles. The van der Waals surface area contributed by atoms with Crippen molar-refractivity contribution in [2.75, 3.05) is 0 Å². The van der Waals surface area contributed by atoms with Crippen LogP contribution in [0.25, 0.3) is 6.08 Å². The Morgan fingerprint density at radius 1 is 0.789 bits per heavy atom. The Hall–Kier alpha value is -0.389. The highest BCUT2D eigenvalue weighted by molar-refractivity contribution is 7.68. The zero-order valence-electron chi connectivity index (χ0n) is 13.7. The van der Waals surface area contributed by atoms with Gasteiger partial charge in [0.05, 0.1) is 0 Å². The zero-order valence-corrected chi connectivity index (χ0v) is 16.7. The summed E-state index contributed by atoms with van der Waals surface area (Å²) >= 11 is 0. The first-order valence-corrected chi connectivity index (χ1v) is 19.0. The smallest absolute Gasteiger partial charge is 0.0424 e. The van der Waals surface area contributed by atoms with E-state index in [-0.39, 0.29) is 0 Å². The number of hydrogen-bond donors (Lipinski definition) is 0. The van der Waals surface area contributed by atoms with Gasteiger partial charge in [-0.25, -0.2) is 0 Å². The number of rotatable bonds is 5. The SMILES string of the molecule is C[Si](C)(C)[Si](C)(C/C=C/c1ccccc1)[Si](C)(C)C. The largest absolute Gasteiger partial charge is 0.0870 e. The van der Waals surface area contributed by atoms with Crippen molar-refractivity contribution in [3.63, 3.8) is 0 Å². The van der Waals surface area contributed by atoms with Crippen LogP contribution < -0.4 is 0 Å². The van der Waals surface area contributed by atoms with E-state index in [4.69, 9.17) is 0 Å². The lowest BCUT2D eigenvalue weighted by atomic mass is 10.2. The summed E-state index contributed by atoms with van der Waals surface area (Å²) in [7, 11) is -3.19. The molecule has 0 aliphatic rings. The zero-order chi connectivity index (χ0) is 14.7. The highest BCUT2D eigenvalue weighted by Crippen LogP contribution is 2.33. The maximum atomic E-state index is 2.68. The Bertz CT molecular complexity index is 408. The lowest BCUT2D eigenvalue weighted by Gasteiger charge is -2.47. The monoisotopic (exact) mass is 306 g/mol. The van der Waals surface area contributed by atoms with Crippen LogP contribution in [0.5, 0.6) is 0 Å². The standard InChI is InChI=1S/C16H30Si3/c1-17(2,3)19(7,18(4,5)6)15-11-14-16-12-9-8-10-13-16/h8-14H,15H2,1-7H3/b14-11+. The van der Waals surface area contributed by atoms with Crippen LogP contribution in [0.15, 0.2) is 36.4 Å². The van der Waals surface area contributed by atoms with Crippen molar-refractivity contribution in [1.82, 2.24) is 0 Å². The van der Waals surface area contributed by atoms with Crippen LogP contribution >= 0.6 is 0 Å². The van der Waals surface area contributed by atoms with Crippen LogP contribution in [0.2, 0.25) is 51.9 Å². The fourth-order valence-corrected chi connectivity index (χ4v) is 38.2. The van der Waals surface area contributed by atoms with Crippen molar-refractivity contribution in [3.05, 3.63) is 42.0 Å². The van der Waals surface area contributed by atoms with E-state index in [1.54, 1.807) is 0 Å². The summed E-state index contributed by atoms with van der Waals surface area (Å²) in [5, 5.41) is 0. The van der Waals surface area contributed by atoms with Crippen molar-refractivity contribution in [1.29, 1.82) is 0 Å². The number of allylic oxidation sites excluding steroid dienone is 1. The maximum Gasteiger partial charge on any atom is 0.0424 e. The van der Waals surface area contributed by atoms with Crippen LogP contribution in [-0.2, 0) is 0 Å². The van der Waals surface area contributed by atoms with Crippen molar-refractivity contribution >= 4 is 28.4 Å². The third-order valence-electron chi connectivity index (χ3n) is 4.95. The summed E-state index contributed by atoms with van der Waals surface area (Å²) in [5.74, 6) is 0. The summed E-state index contributed by atoms with van der Waals surface area (Å²) in [6, 6.07) is 12.1. The lowest BCUT2D eigenvalue weighted by Crippen LogP contribution is -2.69. The molecule has 1 aromatic carbocycles. The van der Waals surface area contributed by atoms with Gasteiger partial charge < -0.3 is 0 Å². The van der Waals surface area contributed by atoms with Crippen molar-refractivity contribution < 1.29 is 0 Å². The molecule has 1 rings (SSSR count). The van der Waals surface area contributed by atoms with Gasteiger partial charge in [0, 0.05) is 22.3 Å². The minimum absolute atomic E-state index is 1.04. The predicted molar refractivity (Wildman–Crippen MR) is 98.6 cm³/mol. The first-order chi connectivity index (χ1) is 8.58. The second-order valence-electron chi connectivity index (χ2n) is 7.85. The molecule has 0 spiro atoms. The fraction of sp³-hybridized carbons (Fsp3) is 0.500. The molecule has 0 saturated heterocycles. The van der Waals surface area contributed by atoms with Crippen LogP contribution in [0, 0.1) is 0 Å². The van der Waals surface area contributed by atoms with Crippen molar-refractivity contribution in [3.8, 4) is 0 Å². The van der Waals surface area contributed by atoms with E-state index in [0.717, 1.165) is 0 Å². The Morgan fingerprint density at radius 3 is 1.68 bits per heavy atom. The molecule has 0 bridgehead atoms. The molecular formula is C16H30Si3. The first kappa shape index (κ1) is 16.7. The molecule has 3 heteroatoms. The van der Waals surface area contributed by atoms with Gasteiger partial charge in [-0.1, -0.05) is 88.3 Å². The molecule has 0 atom stereocenters. The topological polar surface area (TPSA) is 0 Å². The second kappa shape index (κ2) is 5.94. The van der Waals surface area contributed by atoms with Crippen LogP contribution in [0.1, 0.15) is 5.56 Å². The van der Waals surface area contributed by atoms with Gasteiger partial charge in [-0.3, -0.25) is 0 Å². The normalized spacial score (nSPS) is 14.1. The third kappa shape index (κ3) is 4.04. The Kier molecular flexibility index (Phi) is 5.21. The second-order valence-corrected chi connectivity index (χ2v) is 37.0. The van der Waals surface area contributed by atoms with Crippen LogP contribution in [0.3, 0.4) is 0 Å². The van der Waals surface area contributed by atoms with Crippen LogP contribution in [-0.4, -0.2) is 22.3 Å². The van der Waals surface area contributed by atoms with Crippen molar-refractivity contribution in [2.45, 2.75) is 51.9 Å². The van der Waals surface area contributed by atoms with Gasteiger partial charge >= 0.3 is 0 Å². The van der Waals surface area contributed by atoms with Gasteiger partial charge in [0.25, 0.3) is 0 Å². The maximum absolute atomic E-state index is 2.68. The lowest BCUT2D eigenvalue weighted by molar-refractivity contribution is 1.57. The molecule has 0 radical (unpaired) electrons. The average molecular weight is 307 g/mol. The van der Waals surface area contributed by atoms with Crippen LogP contribution in [0.4, 0.5) is 0 Å². The number of hydrogen-bond acceptors (Lipinski definition) is 0. The molecule has 0 fully saturated rings. The molecule has 0 unspecified atom stereocenters. The quantitative estimate of drug-likeness (QED) is 0.620. The molecule has 0 N–H and O–H groups in total. The van der Waals surface area contributed by atoms with E-state index in [2.05, 4.69) is 88.3 Å². The highest BCUT2D eigenvalue weighted by atomic mass is 29.6. The predicted octanol–water partition coefficient (Wildman–Crippen LogP) is 5.61. The van der Waals surface area contributed by atoms with Gasteiger partial charge in [0.15, 0.2) is 0 Å². The first-order valence-electron chi connectivity index (χ1n) is 7.29. The minimum Gasteiger partial charge on any atom is -0.0870 e. The van der Waals surface area contributed by atoms with E-state index in [1.165, 1.54) is 11.6 Å². The van der Waals surface area contributed by atoms with Crippen molar-refractivity contribution in [2.24, 2.45) is 0 Å². The fourth-order valence-electron chi connectivity index (χ4n) is 2.73. The minimum atomic E-state index is -1.12. The summed E-state index contributed by atoms with van der Waals surface area (Å²) < 4.78 is 0. The molecule has 19 heavy (non-hydrogen) atoms. The van der Waals surface area contributed by atoms with Gasteiger partial charge in [0.1, 0.15) is 0 Å². The molecule has 0 aromatic heterocycles. The van der Waals surface area contributed by atoms with E-state index in [9.17, 15) is 0 Å².